The number of ether oxygens (including phenoxy) is 2. The van der Waals surface area contributed by atoms with E-state index in [4.69, 9.17) is 21.1 Å². The molecule has 0 radical (unpaired) electrons. The van der Waals surface area contributed by atoms with Crippen LogP contribution in [0.5, 0.6) is 0 Å². The Kier molecular flexibility index (Phi) is 5.06. The van der Waals surface area contributed by atoms with Crippen LogP contribution in [0.2, 0.25) is 0 Å². The highest BCUT2D eigenvalue weighted by atomic mass is 35.5. The molecular weight excluding hydrogens is 272 g/mol. The largest absolute Gasteiger partial charge is 0.450 e. The van der Waals surface area contributed by atoms with E-state index in [0.717, 1.165) is 6.08 Å². The lowest BCUT2D eigenvalue weighted by atomic mass is 9.93. The summed E-state index contributed by atoms with van der Waals surface area (Å²) in [6.45, 7) is 2.55. The van der Waals surface area contributed by atoms with Crippen LogP contribution in [0.25, 0.3) is 0 Å². The predicted molar refractivity (Wildman–Crippen MR) is 68.1 cm³/mol. The lowest BCUT2D eigenvalue weighted by Crippen LogP contribution is -2.31. The summed E-state index contributed by atoms with van der Waals surface area (Å²) in [4.78, 5) is 32.7. The molecule has 1 unspecified atom stereocenters. The molecule has 102 valence electrons. The molecule has 6 heteroatoms. The molecule has 1 aliphatic rings. The van der Waals surface area contributed by atoms with Crippen LogP contribution in [0.1, 0.15) is 20.3 Å². The van der Waals surface area contributed by atoms with E-state index in [0.29, 0.717) is 5.76 Å². The topological polar surface area (TPSA) is 69.7 Å². The van der Waals surface area contributed by atoms with E-state index < -0.39 is 22.8 Å². The second kappa shape index (κ2) is 6.33. The van der Waals surface area contributed by atoms with E-state index in [-0.39, 0.29) is 6.42 Å². The quantitative estimate of drug-likeness (QED) is 0.449. The minimum absolute atomic E-state index is 0.242. The van der Waals surface area contributed by atoms with Crippen LogP contribution < -0.4 is 0 Å². The van der Waals surface area contributed by atoms with Crippen LogP contribution in [0.3, 0.4) is 0 Å². The van der Waals surface area contributed by atoms with Crippen molar-refractivity contribution in [3.8, 4) is 0 Å². The zero-order valence-electron chi connectivity index (χ0n) is 10.5. The van der Waals surface area contributed by atoms with Gasteiger partial charge in [-0.1, -0.05) is 0 Å². The Morgan fingerprint density at radius 1 is 1.32 bits per heavy atom. The normalized spacial score (nSPS) is 21.9. The van der Waals surface area contributed by atoms with Crippen molar-refractivity contribution in [3.63, 3.8) is 0 Å². The first kappa shape index (κ1) is 15.2. The maximum Gasteiger partial charge on any atom is 0.308 e. The fourth-order valence-electron chi connectivity index (χ4n) is 1.57. The van der Waals surface area contributed by atoms with Gasteiger partial charge < -0.3 is 9.47 Å². The molecule has 19 heavy (non-hydrogen) atoms. The van der Waals surface area contributed by atoms with Gasteiger partial charge in [-0.3, -0.25) is 14.4 Å². The van der Waals surface area contributed by atoms with Crippen molar-refractivity contribution in [2.75, 3.05) is 0 Å². The fraction of sp³-hybridized carbons (Fsp3) is 0.308. The van der Waals surface area contributed by atoms with Gasteiger partial charge >= 0.3 is 11.9 Å². The van der Waals surface area contributed by atoms with Crippen molar-refractivity contribution in [1.82, 2.24) is 0 Å². The third-order valence-corrected chi connectivity index (χ3v) is 2.37. The van der Waals surface area contributed by atoms with Gasteiger partial charge in [0.25, 0.3) is 0 Å². The van der Waals surface area contributed by atoms with Gasteiger partial charge in [-0.15, -0.1) is 0 Å². The second-order valence-electron chi connectivity index (χ2n) is 3.92. The first-order valence-corrected chi connectivity index (χ1v) is 5.87. The van der Waals surface area contributed by atoms with Crippen molar-refractivity contribution in [3.05, 3.63) is 36.1 Å². The Morgan fingerprint density at radius 3 is 2.42 bits per heavy atom. The summed E-state index contributed by atoms with van der Waals surface area (Å²) in [5, 5.41) is -0.672. The number of carbonyl (C=O) groups is 3. The smallest absolute Gasteiger partial charge is 0.308 e. The van der Waals surface area contributed by atoms with E-state index >= 15 is 0 Å². The average molecular weight is 285 g/mol. The molecule has 0 bridgehead atoms. The molecule has 0 aromatic rings. The van der Waals surface area contributed by atoms with E-state index in [1.54, 1.807) is 6.08 Å². The third kappa shape index (κ3) is 5.09. The predicted octanol–water partition coefficient (Wildman–Crippen LogP) is 2.02. The SMILES string of the molecule is CC(=O)OC1=CCC(C=CC(=O)Cl)(OC(C)=O)C=C1. The Hall–Kier alpha value is -1.88. The summed E-state index contributed by atoms with van der Waals surface area (Å²) in [6, 6.07) is 0. The molecular formula is C13H13ClO5. The Bertz CT molecular complexity index is 489. The summed E-state index contributed by atoms with van der Waals surface area (Å²) < 4.78 is 10.1. The van der Waals surface area contributed by atoms with Crippen molar-refractivity contribution < 1.29 is 23.9 Å². The van der Waals surface area contributed by atoms with Crippen LogP contribution in [0.15, 0.2) is 36.1 Å². The first-order valence-electron chi connectivity index (χ1n) is 5.49. The molecule has 0 heterocycles. The van der Waals surface area contributed by atoms with E-state index in [1.807, 2.05) is 0 Å². The standard InChI is InChI=1S/C13H13ClO5/c1-9(15)18-11-3-6-13(7-4-11,19-10(2)16)8-5-12(14)17/h3-6,8H,7H2,1-2H3. The number of esters is 2. The molecule has 0 fully saturated rings. The molecule has 0 amide bonds. The van der Waals surface area contributed by atoms with Gasteiger partial charge in [0.1, 0.15) is 5.76 Å². The maximum absolute atomic E-state index is 11.1. The average Bonchev–Trinajstić information content (AvgIpc) is 2.28. The number of hydrogen-bond acceptors (Lipinski definition) is 5. The zero-order chi connectivity index (χ0) is 14.5. The number of halogens is 1. The molecule has 1 aliphatic carbocycles. The molecule has 0 aromatic carbocycles. The minimum atomic E-state index is -1.08. The molecule has 0 N–H and O–H groups in total. The molecule has 5 nitrogen and oxygen atoms in total. The van der Waals surface area contributed by atoms with Gasteiger partial charge in [0.05, 0.1) is 0 Å². The highest BCUT2D eigenvalue weighted by molar-refractivity contribution is 6.66. The van der Waals surface area contributed by atoms with E-state index in [1.165, 1.54) is 32.1 Å². The van der Waals surface area contributed by atoms with Crippen LogP contribution in [0.4, 0.5) is 0 Å². The number of rotatable bonds is 4. The van der Waals surface area contributed by atoms with Gasteiger partial charge in [0.2, 0.25) is 5.24 Å². The van der Waals surface area contributed by atoms with E-state index in [9.17, 15) is 14.4 Å². The lowest BCUT2D eigenvalue weighted by Gasteiger charge is -2.28. The van der Waals surface area contributed by atoms with Crippen molar-refractivity contribution in [2.24, 2.45) is 0 Å². The summed E-state index contributed by atoms with van der Waals surface area (Å²) in [6.07, 6.45) is 7.36. The summed E-state index contributed by atoms with van der Waals surface area (Å²) >= 11 is 5.22. The van der Waals surface area contributed by atoms with Crippen molar-refractivity contribution >= 4 is 28.8 Å². The molecule has 0 spiro atoms. The lowest BCUT2D eigenvalue weighted by molar-refractivity contribution is -0.149. The highest BCUT2D eigenvalue weighted by Crippen LogP contribution is 2.27. The summed E-state index contributed by atoms with van der Waals surface area (Å²) in [5.41, 5.74) is -1.08. The summed E-state index contributed by atoms with van der Waals surface area (Å²) in [7, 11) is 0. The number of carbonyl (C=O) groups excluding carboxylic acids is 3. The highest BCUT2D eigenvalue weighted by Gasteiger charge is 2.29. The monoisotopic (exact) mass is 284 g/mol. The van der Waals surface area contributed by atoms with Gasteiger partial charge in [-0.05, 0) is 42.0 Å². The maximum atomic E-state index is 11.1. The van der Waals surface area contributed by atoms with Crippen LogP contribution in [0, 0.1) is 0 Å². The minimum Gasteiger partial charge on any atom is -0.450 e. The Balaban J connectivity index is 2.89. The van der Waals surface area contributed by atoms with Gasteiger partial charge in [-0.2, -0.15) is 0 Å². The number of allylic oxidation sites excluding steroid dienone is 2. The van der Waals surface area contributed by atoms with E-state index in [2.05, 4.69) is 0 Å². The fourth-order valence-corrected chi connectivity index (χ4v) is 1.63. The summed E-state index contributed by atoms with van der Waals surface area (Å²) in [5.74, 6) is -0.580. The van der Waals surface area contributed by atoms with Crippen LogP contribution >= 0.6 is 11.6 Å². The Morgan fingerprint density at radius 2 is 2.00 bits per heavy atom. The second-order valence-corrected chi connectivity index (χ2v) is 4.30. The van der Waals surface area contributed by atoms with Crippen molar-refractivity contribution in [1.29, 1.82) is 0 Å². The van der Waals surface area contributed by atoms with Gasteiger partial charge in [0, 0.05) is 20.3 Å². The zero-order valence-corrected chi connectivity index (χ0v) is 11.3. The number of hydrogen-bond donors (Lipinski definition) is 0. The van der Waals surface area contributed by atoms with Crippen molar-refractivity contribution in [2.45, 2.75) is 25.9 Å². The van der Waals surface area contributed by atoms with Crippen LogP contribution in [-0.2, 0) is 23.9 Å². The molecule has 0 aromatic heterocycles. The molecule has 0 saturated heterocycles. The first-order chi connectivity index (χ1) is 8.83. The molecule has 1 rings (SSSR count). The molecule has 0 aliphatic heterocycles. The van der Waals surface area contributed by atoms with Gasteiger partial charge in [-0.25, -0.2) is 0 Å². The van der Waals surface area contributed by atoms with Crippen LogP contribution in [-0.4, -0.2) is 22.8 Å². The molecule has 0 saturated carbocycles. The van der Waals surface area contributed by atoms with Gasteiger partial charge in [0.15, 0.2) is 5.60 Å². The molecule has 1 atom stereocenters. The Labute approximate surface area is 115 Å². The third-order valence-electron chi connectivity index (χ3n) is 2.24.